The van der Waals surface area contributed by atoms with Gasteiger partial charge in [0.15, 0.2) is 0 Å². The summed E-state index contributed by atoms with van der Waals surface area (Å²) in [4.78, 5) is 25.6. The second kappa shape index (κ2) is 7.91. The molecule has 1 aromatic heterocycles. The number of rotatable bonds is 7. The molecule has 0 aromatic carbocycles. The zero-order chi connectivity index (χ0) is 14.1. The molecule has 1 rings (SSSR count). The van der Waals surface area contributed by atoms with Crippen molar-refractivity contribution in [1.29, 1.82) is 0 Å². The van der Waals surface area contributed by atoms with Crippen LogP contribution in [0.15, 0.2) is 18.3 Å². The Hall–Kier alpha value is -2.31. The van der Waals surface area contributed by atoms with Crippen molar-refractivity contribution in [3.63, 3.8) is 0 Å². The number of amides is 2. The van der Waals surface area contributed by atoms with E-state index in [2.05, 4.69) is 15.6 Å². The molecule has 2 amide bonds. The van der Waals surface area contributed by atoms with E-state index in [1.165, 1.54) is 7.11 Å². The van der Waals surface area contributed by atoms with E-state index in [-0.39, 0.29) is 19.0 Å². The fourth-order valence-electron chi connectivity index (χ4n) is 1.45. The highest BCUT2D eigenvalue weighted by molar-refractivity contribution is 5.74. The van der Waals surface area contributed by atoms with Gasteiger partial charge >= 0.3 is 12.0 Å². The first-order valence-corrected chi connectivity index (χ1v) is 5.85. The van der Waals surface area contributed by atoms with Crippen LogP contribution in [0.2, 0.25) is 0 Å². The van der Waals surface area contributed by atoms with Gasteiger partial charge in [0.1, 0.15) is 0 Å². The molecule has 0 bridgehead atoms. The monoisotopic (exact) mass is 267 g/mol. The molecule has 0 saturated heterocycles. The van der Waals surface area contributed by atoms with Gasteiger partial charge in [-0.2, -0.15) is 0 Å². The van der Waals surface area contributed by atoms with Crippen molar-refractivity contribution in [1.82, 2.24) is 15.6 Å². The molecular formula is C12H17N3O4. The number of hydrogen-bond acceptors (Lipinski definition) is 4. The molecule has 0 aliphatic rings. The van der Waals surface area contributed by atoms with Crippen LogP contribution >= 0.6 is 0 Å². The third-order valence-electron chi connectivity index (χ3n) is 2.35. The normalized spacial score (nSPS) is 9.74. The number of nitrogens with zero attached hydrogens (tertiary/aromatic N) is 1. The Balaban J connectivity index is 2.26. The number of nitrogens with one attached hydrogen (secondary N) is 2. The second-order valence-corrected chi connectivity index (χ2v) is 3.75. The van der Waals surface area contributed by atoms with E-state index in [4.69, 9.17) is 9.84 Å². The number of pyridine rings is 1. The smallest absolute Gasteiger partial charge is 0.314 e. The van der Waals surface area contributed by atoms with Gasteiger partial charge in [-0.05, 0) is 12.5 Å². The summed E-state index contributed by atoms with van der Waals surface area (Å²) < 4.78 is 5.09. The first kappa shape index (κ1) is 14.7. The molecular weight excluding hydrogens is 250 g/mol. The minimum Gasteiger partial charge on any atom is -0.481 e. The van der Waals surface area contributed by atoms with Crippen LogP contribution in [-0.2, 0) is 11.2 Å². The molecule has 1 heterocycles. The predicted molar refractivity (Wildman–Crippen MR) is 68.1 cm³/mol. The Morgan fingerprint density at radius 3 is 2.79 bits per heavy atom. The third kappa shape index (κ3) is 5.71. The maximum atomic E-state index is 11.3. The molecule has 3 N–H and O–H groups in total. The van der Waals surface area contributed by atoms with E-state index in [0.29, 0.717) is 18.8 Å². The fraction of sp³-hybridized carbons (Fsp3) is 0.417. The Morgan fingerprint density at radius 1 is 1.37 bits per heavy atom. The Kier molecular flexibility index (Phi) is 6.14. The maximum Gasteiger partial charge on any atom is 0.314 e. The summed E-state index contributed by atoms with van der Waals surface area (Å²) in [6.07, 6.45) is 2.13. The van der Waals surface area contributed by atoms with Gasteiger partial charge in [-0.15, -0.1) is 0 Å². The minimum absolute atomic E-state index is 0.0934. The van der Waals surface area contributed by atoms with Gasteiger partial charge < -0.3 is 20.5 Å². The molecule has 0 spiro atoms. The van der Waals surface area contributed by atoms with Crippen LogP contribution in [0, 0.1) is 0 Å². The molecule has 19 heavy (non-hydrogen) atoms. The quantitative estimate of drug-likeness (QED) is 0.664. The lowest BCUT2D eigenvalue weighted by Gasteiger charge is -2.08. The van der Waals surface area contributed by atoms with Crippen LogP contribution in [0.25, 0.3) is 0 Å². The number of carbonyl (C=O) groups is 2. The van der Waals surface area contributed by atoms with E-state index in [1.807, 2.05) is 6.07 Å². The van der Waals surface area contributed by atoms with Gasteiger partial charge in [0.2, 0.25) is 5.88 Å². The topological polar surface area (TPSA) is 101 Å². The highest BCUT2D eigenvalue weighted by Gasteiger charge is 2.05. The predicted octanol–water partition coefficient (Wildman–Crippen LogP) is 0.407. The summed E-state index contributed by atoms with van der Waals surface area (Å²) in [5.41, 5.74) is 0.899. The van der Waals surface area contributed by atoms with E-state index >= 15 is 0 Å². The lowest BCUT2D eigenvalue weighted by molar-refractivity contribution is -0.136. The summed E-state index contributed by atoms with van der Waals surface area (Å²) >= 11 is 0. The number of carbonyl (C=O) groups excluding carboxylic acids is 1. The van der Waals surface area contributed by atoms with Crippen molar-refractivity contribution in [3.8, 4) is 5.88 Å². The molecule has 0 atom stereocenters. The van der Waals surface area contributed by atoms with Crippen molar-refractivity contribution >= 4 is 12.0 Å². The molecule has 0 saturated carbocycles. The largest absolute Gasteiger partial charge is 0.481 e. The minimum atomic E-state index is -0.944. The van der Waals surface area contributed by atoms with Crippen molar-refractivity contribution in [2.24, 2.45) is 0 Å². The van der Waals surface area contributed by atoms with Crippen LogP contribution in [-0.4, -0.2) is 42.3 Å². The molecule has 1 aromatic rings. The Morgan fingerprint density at radius 2 is 2.11 bits per heavy atom. The zero-order valence-corrected chi connectivity index (χ0v) is 10.7. The molecule has 0 aliphatic heterocycles. The van der Waals surface area contributed by atoms with E-state index in [1.54, 1.807) is 12.3 Å². The summed E-state index contributed by atoms with van der Waals surface area (Å²) in [6, 6.07) is 3.28. The summed E-state index contributed by atoms with van der Waals surface area (Å²) in [7, 11) is 1.54. The van der Waals surface area contributed by atoms with Crippen LogP contribution in [0.1, 0.15) is 12.0 Å². The van der Waals surface area contributed by atoms with Crippen LogP contribution in [0.3, 0.4) is 0 Å². The van der Waals surface area contributed by atoms with Gasteiger partial charge in [-0.1, -0.05) is 6.07 Å². The van der Waals surface area contributed by atoms with Gasteiger partial charge in [0.05, 0.1) is 13.5 Å². The molecule has 0 radical (unpaired) electrons. The summed E-state index contributed by atoms with van der Waals surface area (Å²) in [6.45, 7) is 0.526. The first-order valence-electron chi connectivity index (χ1n) is 5.85. The van der Waals surface area contributed by atoms with Crippen LogP contribution < -0.4 is 15.4 Å². The summed E-state index contributed by atoms with van der Waals surface area (Å²) in [5, 5.41) is 13.5. The first-order chi connectivity index (χ1) is 9.13. The number of carboxylic acid groups (broad SMARTS) is 1. The second-order valence-electron chi connectivity index (χ2n) is 3.75. The number of urea groups is 1. The van der Waals surface area contributed by atoms with Crippen molar-refractivity contribution in [2.75, 3.05) is 20.2 Å². The molecule has 0 aliphatic carbocycles. The standard InChI is InChI=1S/C12H17N3O4/c1-19-11-9(3-2-6-13-11)4-7-14-12(18)15-8-5-10(16)17/h2-3,6H,4-5,7-8H2,1H3,(H,16,17)(H2,14,15,18). The van der Waals surface area contributed by atoms with Crippen molar-refractivity contribution < 1.29 is 19.4 Å². The SMILES string of the molecule is COc1ncccc1CCNC(=O)NCCC(=O)O. The van der Waals surface area contributed by atoms with Crippen LogP contribution in [0.5, 0.6) is 5.88 Å². The fourth-order valence-corrected chi connectivity index (χ4v) is 1.45. The van der Waals surface area contributed by atoms with Gasteiger partial charge in [-0.3, -0.25) is 4.79 Å². The number of carboxylic acids is 1. The maximum absolute atomic E-state index is 11.3. The Labute approximate surface area is 111 Å². The number of methoxy groups -OCH3 is 1. The number of aromatic nitrogens is 1. The third-order valence-corrected chi connectivity index (χ3v) is 2.35. The molecule has 0 unspecified atom stereocenters. The number of hydrogen-bond donors (Lipinski definition) is 3. The Bertz CT molecular complexity index is 437. The lowest BCUT2D eigenvalue weighted by Crippen LogP contribution is -2.37. The van der Waals surface area contributed by atoms with Gasteiger partial charge in [0, 0.05) is 24.8 Å². The van der Waals surface area contributed by atoms with E-state index in [9.17, 15) is 9.59 Å². The van der Waals surface area contributed by atoms with Crippen molar-refractivity contribution in [2.45, 2.75) is 12.8 Å². The van der Waals surface area contributed by atoms with Gasteiger partial charge in [0.25, 0.3) is 0 Å². The number of aliphatic carboxylic acids is 1. The highest BCUT2D eigenvalue weighted by atomic mass is 16.5. The average Bonchev–Trinajstić information content (AvgIpc) is 2.39. The number of ether oxygens (including phenoxy) is 1. The van der Waals surface area contributed by atoms with Gasteiger partial charge in [-0.25, -0.2) is 9.78 Å². The molecule has 7 heteroatoms. The van der Waals surface area contributed by atoms with E-state index < -0.39 is 5.97 Å². The molecule has 7 nitrogen and oxygen atoms in total. The molecule has 0 fully saturated rings. The molecule has 104 valence electrons. The van der Waals surface area contributed by atoms with Crippen molar-refractivity contribution in [3.05, 3.63) is 23.9 Å². The highest BCUT2D eigenvalue weighted by Crippen LogP contribution is 2.13. The zero-order valence-electron chi connectivity index (χ0n) is 10.7. The van der Waals surface area contributed by atoms with E-state index in [0.717, 1.165) is 5.56 Å². The summed E-state index contributed by atoms with van der Waals surface area (Å²) in [5.74, 6) is -0.406. The average molecular weight is 267 g/mol. The van der Waals surface area contributed by atoms with Crippen LogP contribution in [0.4, 0.5) is 4.79 Å². The lowest BCUT2D eigenvalue weighted by atomic mass is 10.2.